The number of hydrogen-bond donors (Lipinski definition) is 3. The van der Waals surface area contributed by atoms with Gasteiger partial charge in [0, 0.05) is 6.42 Å². The van der Waals surface area contributed by atoms with Crippen LogP contribution in [-0.4, -0.2) is 34.9 Å². The quantitative estimate of drug-likeness (QED) is 0.0464. The van der Waals surface area contributed by atoms with Crippen LogP contribution < -0.4 is 5.32 Å². The molecule has 2 atom stereocenters. The van der Waals surface area contributed by atoms with Crippen LogP contribution in [0.2, 0.25) is 0 Å². The standard InChI is InChI=1S/C42H81NO3/c1-3-5-7-9-11-13-15-17-18-19-20-21-22-23-24-26-28-30-32-34-36-38-42(46)43-40(39-44)41(45)37-35-33-31-29-27-25-16-14-12-10-8-6-4-2/h17-18,35,37,40-41,44-45H,3-16,19-34,36,38-39H2,1-2H3,(H,43,46). The van der Waals surface area contributed by atoms with Crippen LogP contribution >= 0.6 is 0 Å². The van der Waals surface area contributed by atoms with E-state index in [1.165, 1.54) is 173 Å². The highest BCUT2D eigenvalue weighted by Crippen LogP contribution is 2.14. The lowest BCUT2D eigenvalue weighted by Crippen LogP contribution is -2.45. The summed E-state index contributed by atoms with van der Waals surface area (Å²) in [5, 5.41) is 22.9. The van der Waals surface area contributed by atoms with Crippen molar-refractivity contribution in [2.24, 2.45) is 0 Å². The van der Waals surface area contributed by atoms with Gasteiger partial charge in [-0.05, 0) is 44.9 Å². The SMILES string of the molecule is CCCCCCCCC=CCCCCCCCCCCCCCC(=O)NC(CO)C(O)C=CCCCCCCCCCCCCC. The van der Waals surface area contributed by atoms with E-state index in [1.807, 2.05) is 6.08 Å². The van der Waals surface area contributed by atoms with Gasteiger partial charge in [-0.1, -0.05) is 192 Å². The summed E-state index contributed by atoms with van der Waals surface area (Å²) in [5.41, 5.74) is 0. The lowest BCUT2D eigenvalue weighted by atomic mass is 10.0. The van der Waals surface area contributed by atoms with Crippen LogP contribution in [0, 0.1) is 0 Å². The van der Waals surface area contributed by atoms with Gasteiger partial charge in [-0.2, -0.15) is 0 Å². The first-order valence-electron chi connectivity index (χ1n) is 20.6. The first-order chi connectivity index (χ1) is 22.7. The fraction of sp³-hybridized carbons (Fsp3) is 0.881. The Morgan fingerprint density at radius 3 is 1.20 bits per heavy atom. The molecule has 0 saturated carbocycles. The van der Waals surface area contributed by atoms with Crippen molar-refractivity contribution >= 4 is 5.91 Å². The lowest BCUT2D eigenvalue weighted by molar-refractivity contribution is -0.123. The summed E-state index contributed by atoms with van der Waals surface area (Å²) in [7, 11) is 0. The van der Waals surface area contributed by atoms with Crippen molar-refractivity contribution < 1.29 is 15.0 Å². The first kappa shape index (κ1) is 44.9. The van der Waals surface area contributed by atoms with Gasteiger partial charge in [0.2, 0.25) is 5.91 Å². The number of rotatable bonds is 37. The van der Waals surface area contributed by atoms with Gasteiger partial charge in [-0.3, -0.25) is 4.79 Å². The van der Waals surface area contributed by atoms with E-state index in [2.05, 4.69) is 31.3 Å². The Morgan fingerprint density at radius 2 is 0.826 bits per heavy atom. The molecule has 0 saturated heterocycles. The molecular weight excluding hydrogens is 566 g/mol. The van der Waals surface area contributed by atoms with Crippen LogP contribution in [-0.2, 0) is 4.79 Å². The number of aliphatic hydroxyl groups excluding tert-OH is 2. The number of amides is 1. The molecule has 0 aromatic rings. The number of aliphatic hydroxyl groups is 2. The van der Waals surface area contributed by atoms with Gasteiger partial charge in [0.15, 0.2) is 0 Å². The van der Waals surface area contributed by atoms with Crippen molar-refractivity contribution in [3.63, 3.8) is 0 Å². The van der Waals surface area contributed by atoms with E-state index < -0.39 is 12.1 Å². The van der Waals surface area contributed by atoms with Crippen molar-refractivity contribution in [1.82, 2.24) is 5.32 Å². The Hall–Kier alpha value is -1.13. The zero-order valence-electron chi connectivity index (χ0n) is 31.1. The molecule has 4 heteroatoms. The van der Waals surface area contributed by atoms with Crippen molar-refractivity contribution in [3.8, 4) is 0 Å². The molecule has 272 valence electrons. The van der Waals surface area contributed by atoms with E-state index in [-0.39, 0.29) is 12.5 Å². The third-order valence-corrected chi connectivity index (χ3v) is 9.43. The summed E-state index contributed by atoms with van der Waals surface area (Å²) < 4.78 is 0. The monoisotopic (exact) mass is 648 g/mol. The van der Waals surface area contributed by atoms with Crippen LogP contribution in [0.5, 0.6) is 0 Å². The van der Waals surface area contributed by atoms with Crippen molar-refractivity contribution in [2.45, 2.75) is 231 Å². The predicted octanol–water partition coefficient (Wildman–Crippen LogP) is 12.5. The van der Waals surface area contributed by atoms with E-state index in [1.54, 1.807) is 6.08 Å². The number of hydrogen-bond acceptors (Lipinski definition) is 3. The van der Waals surface area contributed by atoms with Gasteiger partial charge in [0.05, 0.1) is 18.8 Å². The summed E-state index contributed by atoms with van der Waals surface area (Å²) in [4.78, 5) is 12.3. The smallest absolute Gasteiger partial charge is 0.220 e. The minimum atomic E-state index is -0.835. The molecule has 0 aromatic heterocycles. The molecule has 0 aliphatic rings. The maximum Gasteiger partial charge on any atom is 0.220 e. The predicted molar refractivity (Wildman–Crippen MR) is 202 cm³/mol. The van der Waals surface area contributed by atoms with Crippen LogP contribution in [0.1, 0.15) is 219 Å². The molecule has 2 unspecified atom stereocenters. The van der Waals surface area contributed by atoms with Gasteiger partial charge in [0.1, 0.15) is 0 Å². The van der Waals surface area contributed by atoms with Crippen LogP contribution in [0.15, 0.2) is 24.3 Å². The molecule has 0 rings (SSSR count). The van der Waals surface area contributed by atoms with Gasteiger partial charge in [-0.15, -0.1) is 0 Å². The number of carbonyl (C=O) groups is 1. The largest absolute Gasteiger partial charge is 0.394 e. The Labute approximate surface area is 288 Å². The number of unbranched alkanes of at least 4 members (excludes halogenated alkanes) is 28. The maximum atomic E-state index is 12.3. The first-order valence-corrected chi connectivity index (χ1v) is 20.6. The van der Waals surface area contributed by atoms with E-state index in [9.17, 15) is 15.0 Å². The molecule has 4 nitrogen and oxygen atoms in total. The summed E-state index contributed by atoms with van der Waals surface area (Å²) in [6.07, 6.45) is 48.4. The summed E-state index contributed by atoms with van der Waals surface area (Å²) in [6, 6.07) is -0.618. The molecule has 3 N–H and O–H groups in total. The Morgan fingerprint density at radius 1 is 0.500 bits per heavy atom. The minimum absolute atomic E-state index is 0.0647. The molecule has 1 amide bonds. The topological polar surface area (TPSA) is 69.6 Å². The fourth-order valence-electron chi connectivity index (χ4n) is 6.23. The molecule has 0 aliphatic heterocycles. The number of nitrogens with one attached hydrogen (secondary N) is 1. The highest BCUT2D eigenvalue weighted by molar-refractivity contribution is 5.76. The second-order valence-corrected chi connectivity index (χ2v) is 14.1. The number of carbonyl (C=O) groups excluding carboxylic acids is 1. The zero-order valence-corrected chi connectivity index (χ0v) is 31.1. The molecular formula is C42H81NO3. The fourth-order valence-corrected chi connectivity index (χ4v) is 6.23. The van der Waals surface area contributed by atoms with E-state index in [0.29, 0.717) is 6.42 Å². The van der Waals surface area contributed by atoms with Crippen molar-refractivity contribution in [2.75, 3.05) is 6.61 Å². The summed E-state index contributed by atoms with van der Waals surface area (Å²) in [6.45, 7) is 4.30. The Bertz CT molecular complexity index is 661. The second-order valence-electron chi connectivity index (χ2n) is 14.1. The Balaban J connectivity index is 3.55. The third kappa shape index (κ3) is 34.2. The molecule has 0 bridgehead atoms. The Kier molecular flexibility index (Phi) is 37.4. The highest BCUT2D eigenvalue weighted by Gasteiger charge is 2.17. The third-order valence-electron chi connectivity index (χ3n) is 9.43. The summed E-state index contributed by atoms with van der Waals surface area (Å²) in [5.74, 6) is -0.0647. The van der Waals surface area contributed by atoms with Gasteiger partial charge in [0.25, 0.3) is 0 Å². The molecule has 0 radical (unpaired) electrons. The van der Waals surface area contributed by atoms with Crippen molar-refractivity contribution in [3.05, 3.63) is 24.3 Å². The molecule has 0 aromatic carbocycles. The summed E-state index contributed by atoms with van der Waals surface area (Å²) >= 11 is 0. The molecule has 0 spiro atoms. The minimum Gasteiger partial charge on any atom is -0.394 e. The van der Waals surface area contributed by atoms with E-state index >= 15 is 0 Å². The van der Waals surface area contributed by atoms with Crippen LogP contribution in [0.3, 0.4) is 0 Å². The van der Waals surface area contributed by atoms with Crippen LogP contribution in [0.25, 0.3) is 0 Å². The zero-order chi connectivity index (χ0) is 33.6. The second kappa shape index (κ2) is 38.3. The molecule has 0 heterocycles. The van der Waals surface area contributed by atoms with E-state index in [0.717, 1.165) is 25.7 Å². The number of allylic oxidation sites excluding steroid dienone is 3. The molecule has 0 fully saturated rings. The maximum absolute atomic E-state index is 12.3. The van der Waals surface area contributed by atoms with Crippen LogP contribution in [0.4, 0.5) is 0 Å². The lowest BCUT2D eigenvalue weighted by Gasteiger charge is -2.20. The van der Waals surface area contributed by atoms with E-state index in [4.69, 9.17) is 0 Å². The highest BCUT2D eigenvalue weighted by atomic mass is 16.3. The van der Waals surface area contributed by atoms with Gasteiger partial charge < -0.3 is 15.5 Å². The van der Waals surface area contributed by atoms with Crippen molar-refractivity contribution in [1.29, 1.82) is 0 Å². The van der Waals surface area contributed by atoms with Gasteiger partial charge in [-0.25, -0.2) is 0 Å². The normalized spacial score (nSPS) is 13.2. The average Bonchev–Trinajstić information content (AvgIpc) is 3.06. The molecule has 0 aliphatic carbocycles. The average molecular weight is 648 g/mol. The van der Waals surface area contributed by atoms with Gasteiger partial charge >= 0.3 is 0 Å². The molecule has 46 heavy (non-hydrogen) atoms.